The molecule has 1 N–H and O–H groups in total. The number of carbonyl (C=O) groups excluding carboxylic acids is 2. The van der Waals surface area contributed by atoms with Gasteiger partial charge in [-0.2, -0.15) is 22.0 Å². The first-order chi connectivity index (χ1) is 11.1. The molecule has 1 amide bonds. The Hall–Kier alpha value is -1.80. The van der Waals surface area contributed by atoms with Crippen LogP contribution in [0.1, 0.15) is 13.3 Å². The summed E-state index contributed by atoms with van der Waals surface area (Å²) in [5.41, 5.74) is 0. The van der Waals surface area contributed by atoms with Crippen LogP contribution < -0.4 is 5.32 Å². The molecular formula is C11H13F5NO7S-. The van der Waals surface area contributed by atoms with Gasteiger partial charge in [-0.3, -0.25) is 4.79 Å². The number of esters is 1. The molecule has 14 heteroatoms. The Kier molecular flexibility index (Phi) is 7.47. The minimum absolute atomic E-state index is 0.250. The quantitative estimate of drug-likeness (QED) is 0.199. The lowest BCUT2D eigenvalue weighted by Crippen LogP contribution is -2.61. The molecule has 0 radical (unpaired) electrons. The molecule has 0 aromatic rings. The van der Waals surface area contributed by atoms with E-state index in [0.29, 0.717) is 0 Å². The Balaban J connectivity index is 5.68. The van der Waals surface area contributed by atoms with E-state index in [2.05, 4.69) is 16.1 Å². The maximum Gasteiger partial charge on any atom is 0.466 e. The van der Waals surface area contributed by atoms with Crippen molar-refractivity contribution in [1.29, 1.82) is 0 Å². The summed E-state index contributed by atoms with van der Waals surface area (Å²) in [7, 11) is -6.18. The average molecular weight is 398 g/mol. The highest BCUT2D eigenvalue weighted by Crippen LogP contribution is 2.36. The summed E-state index contributed by atoms with van der Waals surface area (Å²) in [6.45, 7) is 1.88. The normalized spacial score (nSPS) is 15.2. The maximum absolute atomic E-state index is 13.2. The lowest BCUT2D eigenvalue weighted by atomic mass is 10.2. The number of alkyl halides is 5. The zero-order chi connectivity index (χ0) is 20.1. The van der Waals surface area contributed by atoms with Crippen molar-refractivity contribution in [2.75, 3.05) is 13.2 Å². The second-order valence-electron chi connectivity index (χ2n) is 4.29. The van der Waals surface area contributed by atoms with Gasteiger partial charge in [0.05, 0.1) is 6.61 Å². The number of ether oxygens (including phenoxy) is 2. The van der Waals surface area contributed by atoms with E-state index in [0.717, 1.165) is 0 Å². The number of nitrogens with one attached hydrogen (secondary N) is 1. The van der Waals surface area contributed by atoms with E-state index in [1.54, 1.807) is 5.32 Å². The molecule has 1 unspecified atom stereocenters. The van der Waals surface area contributed by atoms with E-state index < -0.39 is 52.2 Å². The third-order valence-electron chi connectivity index (χ3n) is 2.48. The fourth-order valence-corrected chi connectivity index (χ4v) is 1.64. The van der Waals surface area contributed by atoms with Crippen molar-refractivity contribution in [3.05, 3.63) is 12.7 Å². The first-order valence-corrected chi connectivity index (χ1v) is 7.73. The topological polar surface area (TPSA) is 122 Å². The molecular weight excluding hydrogens is 385 g/mol. The van der Waals surface area contributed by atoms with Crippen LogP contribution in [0.25, 0.3) is 0 Å². The fraction of sp³-hybridized carbons (Fsp3) is 0.636. The molecule has 0 saturated heterocycles. The Morgan fingerprint density at radius 3 is 2.12 bits per heavy atom. The van der Waals surface area contributed by atoms with E-state index in [-0.39, 0.29) is 12.6 Å². The van der Waals surface area contributed by atoms with Crippen LogP contribution in [0.15, 0.2) is 12.7 Å². The van der Waals surface area contributed by atoms with Gasteiger partial charge in [0.1, 0.15) is 0 Å². The molecule has 0 aliphatic carbocycles. The molecule has 0 aliphatic rings. The SMILES string of the molecule is C=CC(=O)OC(OCCC(F)(F)S(=O)(=O)[O-])(C(=O)NCC)C(F)(F)F. The van der Waals surface area contributed by atoms with Crippen LogP contribution in [0.2, 0.25) is 0 Å². The monoisotopic (exact) mass is 398 g/mol. The summed E-state index contributed by atoms with van der Waals surface area (Å²) >= 11 is 0. The third-order valence-corrected chi connectivity index (χ3v) is 3.42. The van der Waals surface area contributed by atoms with E-state index in [9.17, 15) is 44.5 Å². The van der Waals surface area contributed by atoms with Crippen LogP contribution in [0.3, 0.4) is 0 Å². The summed E-state index contributed by atoms with van der Waals surface area (Å²) in [6.07, 6.45) is -7.49. The predicted octanol–water partition coefficient (Wildman–Crippen LogP) is 0.655. The van der Waals surface area contributed by atoms with Gasteiger partial charge in [-0.1, -0.05) is 6.58 Å². The van der Waals surface area contributed by atoms with E-state index in [1.165, 1.54) is 6.92 Å². The number of amides is 1. The molecule has 1 atom stereocenters. The molecule has 0 spiro atoms. The lowest BCUT2D eigenvalue weighted by molar-refractivity contribution is -0.347. The molecule has 146 valence electrons. The van der Waals surface area contributed by atoms with Gasteiger partial charge < -0.3 is 19.3 Å². The smallest absolute Gasteiger partial charge is 0.466 e. The van der Waals surface area contributed by atoms with Gasteiger partial charge in [-0.25, -0.2) is 13.2 Å². The van der Waals surface area contributed by atoms with E-state index >= 15 is 0 Å². The molecule has 0 saturated carbocycles. The van der Waals surface area contributed by atoms with Crippen LogP contribution in [0.4, 0.5) is 22.0 Å². The van der Waals surface area contributed by atoms with E-state index in [4.69, 9.17) is 0 Å². The van der Waals surface area contributed by atoms with Crippen molar-refractivity contribution < 1.29 is 54.0 Å². The van der Waals surface area contributed by atoms with Gasteiger partial charge in [0.15, 0.2) is 10.1 Å². The first-order valence-electron chi connectivity index (χ1n) is 6.32. The van der Waals surface area contributed by atoms with Gasteiger partial charge in [-0.05, 0) is 6.92 Å². The first kappa shape index (κ1) is 23.2. The highest BCUT2D eigenvalue weighted by molar-refractivity contribution is 7.86. The maximum atomic E-state index is 13.2. The molecule has 0 heterocycles. The Bertz CT molecular complexity index is 619. The van der Waals surface area contributed by atoms with Crippen LogP contribution in [0.5, 0.6) is 0 Å². The minimum atomic E-state index is -6.18. The number of hydrogen-bond acceptors (Lipinski definition) is 7. The molecule has 0 bridgehead atoms. The molecule has 0 aromatic carbocycles. The van der Waals surface area contributed by atoms with Gasteiger partial charge in [0.2, 0.25) is 0 Å². The Labute approximate surface area is 138 Å². The zero-order valence-electron chi connectivity index (χ0n) is 12.6. The van der Waals surface area contributed by atoms with Crippen LogP contribution >= 0.6 is 0 Å². The van der Waals surface area contributed by atoms with E-state index in [1.807, 2.05) is 0 Å². The predicted molar refractivity (Wildman–Crippen MR) is 69.0 cm³/mol. The van der Waals surface area contributed by atoms with Crippen molar-refractivity contribution in [2.45, 2.75) is 30.6 Å². The van der Waals surface area contributed by atoms with Crippen LogP contribution in [-0.2, 0) is 29.2 Å². The van der Waals surface area contributed by atoms with Gasteiger partial charge in [0.25, 0.3) is 0 Å². The van der Waals surface area contributed by atoms with Crippen molar-refractivity contribution in [3.63, 3.8) is 0 Å². The van der Waals surface area contributed by atoms with Gasteiger partial charge in [-0.15, -0.1) is 0 Å². The van der Waals surface area contributed by atoms with Crippen molar-refractivity contribution in [2.24, 2.45) is 0 Å². The van der Waals surface area contributed by atoms with Gasteiger partial charge >= 0.3 is 29.1 Å². The number of likely N-dealkylation sites (N-methyl/N-ethyl adjacent to an activating group) is 1. The summed E-state index contributed by atoms with van der Waals surface area (Å²) in [6, 6.07) is 0. The number of halogens is 5. The number of rotatable bonds is 9. The second kappa shape index (κ2) is 8.05. The van der Waals surface area contributed by atoms with Crippen LogP contribution in [0, 0.1) is 0 Å². The molecule has 0 fully saturated rings. The summed E-state index contributed by atoms with van der Waals surface area (Å²) in [4.78, 5) is 22.8. The largest absolute Gasteiger partial charge is 0.743 e. The number of carbonyl (C=O) groups is 2. The van der Waals surface area contributed by atoms with Gasteiger partial charge in [0, 0.05) is 19.0 Å². The molecule has 0 aromatic heterocycles. The molecule has 0 rings (SSSR count). The Morgan fingerprint density at radius 2 is 1.76 bits per heavy atom. The highest BCUT2D eigenvalue weighted by atomic mass is 32.2. The Morgan fingerprint density at radius 1 is 1.24 bits per heavy atom. The minimum Gasteiger partial charge on any atom is -0.743 e. The summed E-state index contributed by atoms with van der Waals surface area (Å²) in [5.74, 6) is -8.16. The van der Waals surface area contributed by atoms with Crippen molar-refractivity contribution >= 4 is 22.0 Å². The molecule has 8 nitrogen and oxygen atoms in total. The average Bonchev–Trinajstić information content (AvgIpc) is 2.43. The summed E-state index contributed by atoms with van der Waals surface area (Å²) in [5, 5.41) is -3.33. The second-order valence-corrected chi connectivity index (χ2v) is 5.79. The van der Waals surface area contributed by atoms with Crippen molar-refractivity contribution in [1.82, 2.24) is 5.32 Å². The van der Waals surface area contributed by atoms with Crippen LogP contribution in [-0.4, -0.2) is 55.2 Å². The lowest BCUT2D eigenvalue weighted by Gasteiger charge is -2.33. The standard InChI is InChI=1S/C11H14F5NO7S/c1-3-7(18)24-10(11(14,15)16,8(19)17-4-2)23-6-5-9(12,13)25(20,21)22/h3H,1,4-6H2,2H3,(H,17,19)(H,20,21,22)/p-1. The zero-order valence-corrected chi connectivity index (χ0v) is 13.4. The molecule has 25 heavy (non-hydrogen) atoms. The van der Waals surface area contributed by atoms with Crippen molar-refractivity contribution in [3.8, 4) is 0 Å². The molecule has 0 aliphatic heterocycles. The fourth-order valence-electron chi connectivity index (χ4n) is 1.31. The highest BCUT2D eigenvalue weighted by Gasteiger charge is 2.66. The number of hydrogen-bond donors (Lipinski definition) is 1. The third kappa shape index (κ3) is 5.61. The summed E-state index contributed by atoms with van der Waals surface area (Å²) < 4.78 is 104.